The summed E-state index contributed by atoms with van der Waals surface area (Å²) in [7, 11) is 0. The van der Waals surface area contributed by atoms with Crippen LogP contribution in [0.25, 0.3) is 0 Å². The molecule has 1 amide bonds. The molecule has 4 nitrogen and oxygen atoms in total. The molecule has 4 heteroatoms. The van der Waals surface area contributed by atoms with Crippen LogP contribution in [-0.4, -0.2) is 23.0 Å². The third-order valence-electron chi connectivity index (χ3n) is 1.43. The van der Waals surface area contributed by atoms with E-state index in [2.05, 4.69) is 11.2 Å². The number of aliphatic carboxylic acids is 1. The minimum Gasteiger partial charge on any atom is -0.481 e. The normalized spacial score (nSPS) is 11.4. The van der Waals surface area contributed by atoms with E-state index in [1.807, 2.05) is 6.92 Å². The van der Waals surface area contributed by atoms with Crippen molar-refractivity contribution in [1.82, 2.24) is 5.32 Å². The van der Waals surface area contributed by atoms with Gasteiger partial charge in [0.05, 0.1) is 6.04 Å². The zero-order chi connectivity index (χ0) is 10.3. The lowest BCUT2D eigenvalue weighted by Crippen LogP contribution is -2.34. The number of rotatable bonds is 5. The summed E-state index contributed by atoms with van der Waals surface area (Å²) < 4.78 is 0. The molecule has 1 unspecified atom stereocenters. The molecule has 0 bridgehead atoms. The minimum absolute atomic E-state index is 0.350. The summed E-state index contributed by atoms with van der Waals surface area (Å²) >= 11 is 0. The molecular weight excluding hydrogens is 170 g/mol. The summed E-state index contributed by atoms with van der Waals surface area (Å²) in [6.07, 6.45) is 6.12. The third kappa shape index (κ3) is 5.74. The van der Waals surface area contributed by atoms with E-state index in [0.717, 1.165) is 6.42 Å². The van der Waals surface area contributed by atoms with E-state index in [9.17, 15) is 9.59 Å². The fourth-order valence-electron chi connectivity index (χ4n) is 0.869. The minimum atomic E-state index is -1.15. The summed E-state index contributed by atoms with van der Waals surface area (Å²) in [4.78, 5) is 21.0. The van der Waals surface area contributed by atoms with Gasteiger partial charge in [-0.05, 0) is 6.42 Å². The van der Waals surface area contributed by atoms with E-state index in [1.165, 1.54) is 0 Å². The van der Waals surface area contributed by atoms with Crippen LogP contribution in [0, 0.1) is 12.3 Å². The van der Waals surface area contributed by atoms with E-state index in [0.29, 0.717) is 6.42 Å². The molecule has 0 spiro atoms. The number of hydrogen-bond acceptors (Lipinski definition) is 2. The molecule has 13 heavy (non-hydrogen) atoms. The van der Waals surface area contributed by atoms with E-state index in [-0.39, 0.29) is 6.04 Å². The monoisotopic (exact) mass is 183 g/mol. The summed E-state index contributed by atoms with van der Waals surface area (Å²) in [6, 6.07) is -0.350. The molecule has 0 aromatic carbocycles. The van der Waals surface area contributed by atoms with Crippen LogP contribution in [0.2, 0.25) is 0 Å². The number of carbonyl (C=O) groups is 2. The molecule has 0 saturated carbocycles. The summed E-state index contributed by atoms with van der Waals surface area (Å²) in [5.41, 5.74) is 0. The van der Waals surface area contributed by atoms with Gasteiger partial charge >= 0.3 is 5.97 Å². The maximum Gasteiger partial charge on any atom is 0.312 e. The highest BCUT2D eigenvalue weighted by molar-refractivity contribution is 5.93. The largest absolute Gasteiger partial charge is 0.481 e. The Morgan fingerprint density at radius 2 is 2.23 bits per heavy atom. The van der Waals surface area contributed by atoms with Crippen LogP contribution in [0.1, 0.15) is 26.2 Å². The topological polar surface area (TPSA) is 66.4 Å². The SMILES string of the molecule is C#CC(CCC)NC(=O)CC(=O)O. The van der Waals surface area contributed by atoms with Crippen molar-refractivity contribution in [3.63, 3.8) is 0 Å². The van der Waals surface area contributed by atoms with Crippen molar-refractivity contribution < 1.29 is 14.7 Å². The summed E-state index contributed by atoms with van der Waals surface area (Å²) in [6.45, 7) is 1.94. The molecule has 72 valence electrons. The summed E-state index contributed by atoms with van der Waals surface area (Å²) in [5.74, 6) is 0.696. The van der Waals surface area contributed by atoms with Gasteiger partial charge in [0.15, 0.2) is 0 Å². The zero-order valence-electron chi connectivity index (χ0n) is 7.54. The first-order valence-electron chi connectivity index (χ1n) is 4.07. The fraction of sp³-hybridized carbons (Fsp3) is 0.556. The third-order valence-corrected chi connectivity index (χ3v) is 1.43. The fourth-order valence-corrected chi connectivity index (χ4v) is 0.869. The molecule has 0 aliphatic heterocycles. The number of hydrogen-bond donors (Lipinski definition) is 2. The number of nitrogens with one attached hydrogen (secondary N) is 1. The van der Waals surface area contributed by atoms with Gasteiger partial charge in [0, 0.05) is 0 Å². The Labute approximate surface area is 77.3 Å². The quantitative estimate of drug-likeness (QED) is 0.478. The Balaban J connectivity index is 3.88. The molecule has 1 atom stereocenters. The molecule has 0 aliphatic rings. The Hall–Kier alpha value is -1.50. The van der Waals surface area contributed by atoms with Crippen molar-refractivity contribution in [2.45, 2.75) is 32.2 Å². The molecule has 0 rings (SSSR count). The predicted octanol–water partition coefficient (Wildman–Crippen LogP) is 0.379. The first-order chi connectivity index (χ1) is 6.10. The van der Waals surface area contributed by atoms with Gasteiger partial charge in [-0.3, -0.25) is 9.59 Å². The molecule has 0 aromatic heterocycles. The van der Waals surface area contributed by atoms with Gasteiger partial charge in [0.25, 0.3) is 0 Å². The molecule has 0 saturated heterocycles. The lowest BCUT2D eigenvalue weighted by Gasteiger charge is -2.10. The first-order valence-corrected chi connectivity index (χ1v) is 4.07. The van der Waals surface area contributed by atoms with Crippen LogP contribution in [0.4, 0.5) is 0 Å². The number of terminal acetylenes is 1. The molecule has 0 heterocycles. The van der Waals surface area contributed by atoms with Gasteiger partial charge in [-0.1, -0.05) is 19.3 Å². The Bertz CT molecular complexity index is 230. The number of amides is 1. The molecule has 0 aliphatic carbocycles. The zero-order valence-corrected chi connectivity index (χ0v) is 7.54. The van der Waals surface area contributed by atoms with Crippen molar-refractivity contribution >= 4 is 11.9 Å². The van der Waals surface area contributed by atoms with Crippen molar-refractivity contribution in [1.29, 1.82) is 0 Å². The Kier molecular flexibility index (Phi) is 5.37. The second-order valence-electron chi connectivity index (χ2n) is 2.65. The highest BCUT2D eigenvalue weighted by Crippen LogP contribution is 1.95. The van der Waals surface area contributed by atoms with Crippen LogP contribution < -0.4 is 5.32 Å². The molecule has 2 N–H and O–H groups in total. The number of carbonyl (C=O) groups excluding carboxylic acids is 1. The maximum absolute atomic E-state index is 10.9. The summed E-state index contributed by atoms with van der Waals surface area (Å²) in [5, 5.41) is 10.7. The lowest BCUT2D eigenvalue weighted by molar-refractivity contribution is -0.140. The second kappa shape index (κ2) is 6.06. The Morgan fingerprint density at radius 3 is 2.62 bits per heavy atom. The van der Waals surface area contributed by atoms with Crippen molar-refractivity contribution in [2.75, 3.05) is 0 Å². The smallest absolute Gasteiger partial charge is 0.312 e. The second-order valence-corrected chi connectivity index (χ2v) is 2.65. The Morgan fingerprint density at radius 1 is 1.62 bits per heavy atom. The molecular formula is C9H13NO3. The van der Waals surface area contributed by atoms with Crippen LogP contribution in [-0.2, 0) is 9.59 Å². The van der Waals surface area contributed by atoms with E-state index < -0.39 is 18.3 Å². The number of carboxylic acids is 1. The van der Waals surface area contributed by atoms with Crippen LogP contribution in [0.3, 0.4) is 0 Å². The van der Waals surface area contributed by atoms with Crippen molar-refractivity contribution in [3.05, 3.63) is 0 Å². The van der Waals surface area contributed by atoms with Crippen molar-refractivity contribution in [2.24, 2.45) is 0 Å². The van der Waals surface area contributed by atoms with Crippen LogP contribution >= 0.6 is 0 Å². The van der Waals surface area contributed by atoms with E-state index >= 15 is 0 Å². The maximum atomic E-state index is 10.9. The highest BCUT2D eigenvalue weighted by Gasteiger charge is 2.11. The molecule has 0 radical (unpaired) electrons. The van der Waals surface area contributed by atoms with E-state index in [1.54, 1.807) is 0 Å². The lowest BCUT2D eigenvalue weighted by atomic mass is 10.2. The molecule has 0 fully saturated rings. The predicted molar refractivity (Wildman–Crippen MR) is 47.9 cm³/mol. The van der Waals surface area contributed by atoms with Crippen LogP contribution in [0.5, 0.6) is 0 Å². The van der Waals surface area contributed by atoms with Gasteiger partial charge in [-0.25, -0.2) is 0 Å². The van der Waals surface area contributed by atoms with Gasteiger partial charge in [-0.2, -0.15) is 0 Å². The van der Waals surface area contributed by atoms with Gasteiger partial charge < -0.3 is 10.4 Å². The van der Waals surface area contributed by atoms with Crippen LogP contribution in [0.15, 0.2) is 0 Å². The highest BCUT2D eigenvalue weighted by atomic mass is 16.4. The molecule has 0 aromatic rings. The average molecular weight is 183 g/mol. The average Bonchev–Trinajstić information content (AvgIpc) is 2.02. The number of carboxylic acid groups (broad SMARTS) is 1. The van der Waals surface area contributed by atoms with Gasteiger partial charge in [0.1, 0.15) is 6.42 Å². The standard InChI is InChI=1S/C9H13NO3/c1-3-5-7(4-2)10-8(11)6-9(12)13/h2,7H,3,5-6H2,1H3,(H,10,11)(H,12,13). The first kappa shape index (κ1) is 11.5. The van der Waals surface area contributed by atoms with Crippen molar-refractivity contribution in [3.8, 4) is 12.3 Å². The van der Waals surface area contributed by atoms with Gasteiger partial charge in [0.2, 0.25) is 5.91 Å². The van der Waals surface area contributed by atoms with E-state index in [4.69, 9.17) is 11.5 Å². The van der Waals surface area contributed by atoms with Gasteiger partial charge in [-0.15, -0.1) is 6.42 Å².